The Morgan fingerprint density at radius 3 is 2.91 bits per heavy atom. The van der Waals surface area contributed by atoms with E-state index in [9.17, 15) is 14.4 Å². The van der Waals surface area contributed by atoms with Crippen molar-refractivity contribution in [2.45, 2.75) is 26.7 Å². The summed E-state index contributed by atoms with van der Waals surface area (Å²) in [6, 6.07) is 2.16. The average molecular weight is 458 g/mol. The summed E-state index contributed by atoms with van der Waals surface area (Å²) in [4.78, 5) is 12.3. The fraction of sp³-hybridized carbons (Fsp3) is 0.192. The molecule has 0 saturated heterocycles. The van der Waals surface area contributed by atoms with Crippen LogP contribution in [0.4, 0.5) is 10.1 Å². The van der Waals surface area contributed by atoms with Crippen molar-refractivity contribution in [3.05, 3.63) is 101 Å². The molecule has 0 unspecified atom stereocenters. The zero-order valence-corrected chi connectivity index (χ0v) is 18.8. The quantitative estimate of drug-likeness (QED) is 0.572. The number of rotatable bonds is 6. The van der Waals surface area contributed by atoms with Gasteiger partial charge in [0, 0.05) is 18.3 Å². The molecule has 4 rings (SSSR count). The van der Waals surface area contributed by atoms with Gasteiger partial charge < -0.3 is 14.8 Å². The first kappa shape index (κ1) is 22.8. The summed E-state index contributed by atoms with van der Waals surface area (Å²) in [5.74, 6) is 0.490. The van der Waals surface area contributed by atoms with Crippen LogP contribution in [0.2, 0.25) is 0 Å². The van der Waals surface area contributed by atoms with Gasteiger partial charge in [0.2, 0.25) is 0 Å². The van der Waals surface area contributed by atoms with Crippen molar-refractivity contribution in [2.75, 3.05) is 11.9 Å². The number of aromatic nitrogens is 2. The first-order valence-electron chi connectivity index (χ1n) is 10.8. The molecule has 2 heterocycles. The third kappa shape index (κ3) is 4.84. The summed E-state index contributed by atoms with van der Waals surface area (Å²) in [6.07, 6.45) is 17.8. The van der Waals surface area contributed by atoms with Gasteiger partial charge in [0.05, 0.1) is 35.1 Å². The summed E-state index contributed by atoms with van der Waals surface area (Å²) >= 11 is 0. The van der Waals surface area contributed by atoms with Crippen molar-refractivity contribution >= 4 is 17.2 Å². The Kier molecular flexibility index (Phi) is 6.74. The molecule has 2 aliphatic rings. The van der Waals surface area contributed by atoms with E-state index in [1.807, 2.05) is 18.2 Å². The number of nitrogens with zero attached hydrogens (tertiary/aromatic N) is 3. The summed E-state index contributed by atoms with van der Waals surface area (Å²) in [5.41, 5.74) is 3.31. The number of ether oxygens (including phenoxy) is 2. The van der Waals surface area contributed by atoms with Crippen LogP contribution < -0.4 is 5.32 Å². The van der Waals surface area contributed by atoms with Crippen molar-refractivity contribution in [3.63, 3.8) is 0 Å². The number of halogens is 1. The van der Waals surface area contributed by atoms with E-state index in [4.69, 9.17) is 9.47 Å². The molecule has 0 aromatic carbocycles. The highest BCUT2D eigenvalue weighted by atomic mass is 19.1. The number of carbonyl (C=O) groups excluding carboxylic acids is 1. The van der Waals surface area contributed by atoms with Crippen LogP contribution in [-0.2, 0) is 9.47 Å². The Hall–Kier alpha value is -4.38. The molecule has 2 aliphatic carbocycles. The number of nitrogens with one attached hydrogen (secondary N) is 1. The lowest BCUT2D eigenvalue weighted by Gasteiger charge is -2.12. The monoisotopic (exact) mass is 458 g/mol. The van der Waals surface area contributed by atoms with Crippen molar-refractivity contribution in [1.29, 1.82) is 5.26 Å². The van der Waals surface area contributed by atoms with Gasteiger partial charge in [0.25, 0.3) is 0 Å². The minimum Gasteiger partial charge on any atom is -0.462 e. The molecule has 34 heavy (non-hydrogen) atoms. The van der Waals surface area contributed by atoms with Gasteiger partial charge in [-0.05, 0) is 62.3 Å². The van der Waals surface area contributed by atoms with Crippen LogP contribution in [0.3, 0.4) is 0 Å². The highest BCUT2D eigenvalue weighted by Gasteiger charge is 2.20. The second kappa shape index (κ2) is 10.0. The Morgan fingerprint density at radius 2 is 2.12 bits per heavy atom. The van der Waals surface area contributed by atoms with Crippen molar-refractivity contribution < 1.29 is 18.7 Å². The predicted molar refractivity (Wildman–Crippen MR) is 126 cm³/mol. The summed E-state index contributed by atoms with van der Waals surface area (Å²) in [7, 11) is 0. The summed E-state index contributed by atoms with van der Waals surface area (Å²) in [5, 5.41) is 17.3. The molecule has 0 aliphatic heterocycles. The number of esters is 1. The molecule has 2 aromatic heterocycles. The maximum Gasteiger partial charge on any atom is 0.340 e. The Balaban J connectivity index is 1.60. The normalized spacial score (nSPS) is 15.4. The number of anilines is 1. The van der Waals surface area contributed by atoms with E-state index in [0.29, 0.717) is 45.8 Å². The predicted octanol–water partition coefficient (Wildman–Crippen LogP) is 5.54. The lowest BCUT2D eigenvalue weighted by molar-refractivity contribution is 0.0525. The Morgan fingerprint density at radius 1 is 1.26 bits per heavy atom. The third-order valence-corrected chi connectivity index (χ3v) is 5.29. The van der Waals surface area contributed by atoms with E-state index in [0.717, 1.165) is 5.70 Å². The molecule has 172 valence electrons. The third-order valence-electron chi connectivity index (χ3n) is 5.29. The maximum atomic E-state index is 13.4. The molecular formula is C26H23FN4O3. The minimum absolute atomic E-state index is 0.225. The molecule has 1 N–H and O–H groups in total. The van der Waals surface area contributed by atoms with E-state index in [2.05, 4.69) is 16.5 Å². The molecule has 7 nitrogen and oxygen atoms in total. The Labute approximate surface area is 196 Å². The number of fused-ring (bicyclic) bond motifs is 1. The van der Waals surface area contributed by atoms with E-state index >= 15 is 0 Å². The molecule has 0 spiro atoms. The molecule has 0 bridgehead atoms. The van der Waals surface area contributed by atoms with Gasteiger partial charge in [-0.2, -0.15) is 10.4 Å². The number of hydrogen-bond donors (Lipinski definition) is 1. The molecule has 8 heteroatoms. The summed E-state index contributed by atoms with van der Waals surface area (Å²) in [6.45, 7) is 3.81. The number of allylic oxidation sites excluding steroid dienone is 9. The van der Waals surface area contributed by atoms with E-state index in [1.54, 1.807) is 48.9 Å². The molecule has 0 amide bonds. The smallest absolute Gasteiger partial charge is 0.340 e. The highest BCUT2D eigenvalue weighted by Crippen LogP contribution is 2.30. The van der Waals surface area contributed by atoms with Gasteiger partial charge in [-0.3, -0.25) is 0 Å². The summed E-state index contributed by atoms with van der Waals surface area (Å²) < 4.78 is 26.0. The van der Waals surface area contributed by atoms with Crippen LogP contribution in [0.5, 0.6) is 0 Å². The second-order valence-corrected chi connectivity index (χ2v) is 7.58. The lowest BCUT2D eigenvalue weighted by atomic mass is 10.1. The molecular weight excluding hydrogens is 435 g/mol. The minimum atomic E-state index is -0.439. The standard InChI is InChI=1S/C26H23FN4O3/c1-3-33-26(32)23-16-31-25(17(23)2)24(18(14-28)15-29-31)30-20-7-5-9-22(13-11-20)34-21-8-4-6-19(27)10-12-21/h4,7-13,15-16,30H,3,5-6H2,1-2H3. The van der Waals surface area contributed by atoms with Crippen molar-refractivity contribution in [3.8, 4) is 6.07 Å². The van der Waals surface area contributed by atoms with Crippen LogP contribution in [0, 0.1) is 18.3 Å². The van der Waals surface area contributed by atoms with Crippen LogP contribution in [0.15, 0.2) is 84.0 Å². The van der Waals surface area contributed by atoms with E-state index in [1.165, 1.54) is 12.3 Å². The van der Waals surface area contributed by atoms with Gasteiger partial charge in [-0.25, -0.2) is 13.7 Å². The lowest BCUT2D eigenvalue weighted by Crippen LogP contribution is -2.05. The topological polar surface area (TPSA) is 88.7 Å². The number of carbonyl (C=O) groups is 1. The first-order chi connectivity index (χ1) is 16.5. The van der Waals surface area contributed by atoms with Crippen LogP contribution in [0.25, 0.3) is 5.52 Å². The molecule has 0 radical (unpaired) electrons. The number of nitriles is 1. The zero-order chi connectivity index (χ0) is 24.1. The van der Waals surface area contributed by atoms with Crippen molar-refractivity contribution in [1.82, 2.24) is 9.61 Å². The SMILES string of the molecule is CCOC(=O)c1cn2ncc(C#N)c(NC3=CCC=C(OC4=CC=C(F)CC=C4)C=C3)c2c1C. The molecule has 0 fully saturated rings. The highest BCUT2D eigenvalue weighted by molar-refractivity contribution is 5.96. The molecule has 0 saturated carbocycles. The maximum absolute atomic E-state index is 13.4. The first-order valence-corrected chi connectivity index (χ1v) is 10.8. The van der Waals surface area contributed by atoms with Gasteiger partial charge >= 0.3 is 5.97 Å². The van der Waals surface area contributed by atoms with Gasteiger partial charge in [-0.15, -0.1) is 0 Å². The van der Waals surface area contributed by atoms with E-state index in [-0.39, 0.29) is 18.9 Å². The second-order valence-electron chi connectivity index (χ2n) is 7.58. The van der Waals surface area contributed by atoms with Gasteiger partial charge in [-0.1, -0.05) is 12.2 Å². The van der Waals surface area contributed by atoms with Gasteiger partial charge in [0.15, 0.2) is 0 Å². The van der Waals surface area contributed by atoms with Gasteiger partial charge in [0.1, 0.15) is 23.4 Å². The Bertz CT molecular complexity index is 1370. The molecule has 2 aromatic rings. The van der Waals surface area contributed by atoms with Crippen LogP contribution >= 0.6 is 0 Å². The van der Waals surface area contributed by atoms with Crippen LogP contribution in [0.1, 0.15) is 41.3 Å². The van der Waals surface area contributed by atoms with Crippen LogP contribution in [-0.4, -0.2) is 22.2 Å². The van der Waals surface area contributed by atoms with E-state index < -0.39 is 5.97 Å². The number of hydrogen-bond acceptors (Lipinski definition) is 6. The largest absolute Gasteiger partial charge is 0.462 e. The zero-order valence-electron chi connectivity index (χ0n) is 18.8. The molecule has 0 atom stereocenters. The average Bonchev–Trinajstić information content (AvgIpc) is 2.95. The fourth-order valence-electron chi connectivity index (χ4n) is 3.62. The van der Waals surface area contributed by atoms with Crippen molar-refractivity contribution in [2.24, 2.45) is 0 Å². The number of aryl methyl sites for hydroxylation is 1. The fourth-order valence-corrected chi connectivity index (χ4v) is 3.62.